The van der Waals surface area contributed by atoms with E-state index in [-0.39, 0.29) is 17.4 Å². The summed E-state index contributed by atoms with van der Waals surface area (Å²) in [7, 11) is 0. The molecule has 0 radical (unpaired) electrons. The number of para-hydroxylation sites is 1. The van der Waals surface area contributed by atoms with Crippen LogP contribution in [0.25, 0.3) is 10.2 Å². The van der Waals surface area contributed by atoms with Crippen LogP contribution in [0, 0.1) is 6.92 Å². The van der Waals surface area contributed by atoms with E-state index in [0.717, 1.165) is 5.69 Å². The summed E-state index contributed by atoms with van der Waals surface area (Å²) in [6.45, 7) is 5.71. The molecule has 0 spiro atoms. The normalized spacial score (nSPS) is 11.1. The van der Waals surface area contributed by atoms with E-state index in [4.69, 9.17) is 0 Å². The highest BCUT2D eigenvalue weighted by Gasteiger charge is 2.19. The number of hydrogen-bond donors (Lipinski definition) is 2. The van der Waals surface area contributed by atoms with Gasteiger partial charge in [0.15, 0.2) is 0 Å². The van der Waals surface area contributed by atoms with E-state index in [2.05, 4.69) is 15.3 Å². The Kier molecular flexibility index (Phi) is 4.00. The Bertz CT molecular complexity index is 926. The molecule has 2 N–H and O–H groups in total. The van der Waals surface area contributed by atoms with Crippen LogP contribution in [0.2, 0.25) is 0 Å². The first-order chi connectivity index (χ1) is 11.0. The van der Waals surface area contributed by atoms with Gasteiger partial charge < -0.3 is 10.3 Å². The monoisotopic (exact) mass is 327 g/mol. The van der Waals surface area contributed by atoms with Gasteiger partial charge in [-0.25, -0.2) is 4.98 Å². The van der Waals surface area contributed by atoms with E-state index in [9.17, 15) is 9.59 Å². The first kappa shape index (κ1) is 15.4. The fourth-order valence-corrected chi connectivity index (χ4v) is 3.44. The molecule has 3 rings (SSSR count). The lowest BCUT2D eigenvalue weighted by molar-refractivity contribution is 0.103. The van der Waals surface area contributed by atoms with Gasteiger partial charge in [0.05, 0.1) is 10.3 Å². The summed E-state index contributed by atoms with van der Waals surface area (Å²) in [6, 6.07) is 9.24. The molecule has 2 heterocycles. The maximum Gasteiger partial charge on any atom is 0.266 e. The number of aryl methyl sites for hydroxylation is 1. The number of hydrogen-bond acceptors (Lipinski definition) is 4. The summed E-state index contributed by atoms with van der Waals surface area (Å²) in [4.78, 5) is 33.2. The lowest BCUT2D eigenvalue weighted by Gasteiger charge is -2.03. The molecule has 1 amide bonds. The molecule has 0 saturated carbocycles. The maximum atomic E-state index is 12.5. The van der Waals surface area contributed by atoms with Crippen molar-refractivity contribution in [2.24, 2.45) is 0 Å². The van der Waals surface area contributed by atoms with Crippen molar-refractivity contribution in [1.82, 2.24) is 9.97 Å². The molecule has 0 aliphatic rings. The van der Waals surface area contributed by atoms with Crippen molar-refractivity contribution in [2.75, 3.05) is 5.32 Å². The van der Waals surface area contributed by atoms with Crippen LogP contribution in [-0.2, 0) is 0 Å². The van der Waals surface area contributed by atoms with Gasteiger partial charge in [-0.1, -0.05) is 32.0 Å². The third-order valence-corrected chi connectivity index (χ3v) is 4.79. The molecule has 0 bridgehead atoms. The lowest BCUT2D eigenvalue weighted by atomic mass is 10.2. The minimum absolute atomic E-state index is 0.121. The second kappa shape index (κ2) is 5.96. The summed E-state index contributed by atoms with van der Waals surface area (Å²) in [5.41, 5.74) is 1.20. The molecule has 1 aromatic carbocycles. The van der Waals surface area contributed by atoms with Gasteiger partial charge in [-0.15, -0.1) is 11.3 Å². The average molecular weight is 327 g/mol. The minimum atomic E-state index is -0.220. The van der Waals surface area contributed by atoms with E-state index in [0.29, 0.717) is 26.5 Å². The molecule has 0 atom stereocenters. The highest BCUT2D eigenvalue weighted by atomic mass is 32.1. The topological polar surface area (TPSA) is 74.8 Å². The second-order valence-electron chi connectivity index (χ2n) is 5.66. The van der Waals surface area contributed by atoms with Crippen LogP contribution >= 0.6 is 11.3 Å². The predicted octanol–water partition coefficient (Wildman–Crippen LogP) is 3.67. The van der Waals surface area contributed by atoms with Crippen LogP contribution in [0.1, 0.15) is 40.8 Å². The van der Waals surface area contributed by atoms with Crippen molar-refractivity contribution in [1.29, 1.82) is 0 Å². The fourth-order valence-electron chi connectivity index (χ4n) is 2.36. The van der Waals surface area contributed by atoms with Gasteiger partial charge >= 0.3 is 0 Å². The first-order valence-corrected chi connectivity index (χ1v) is 8.18. The number of aromatic amines is 1. The van der Waals surface area contributed by atoms with Crippen molar-refractivity contribution >= 4 is 33.1 Å². The third-order valence-electron chi connectivity index (χ3n) is 3.60. The Labute approximate surface area is 137 Å². The Morgan fingerprint density at radius 3 is 2.61 bits per heavy atom. The number of thiophene rings is 1. The van der Waals surface area contributed by atoms with Crippen LogP contribution < -0.4 is 10.9 Å². The zero-order valence-electron chi connectivity index (χ0n) is 13.1. The SMILES string of the molecule is Cc1c(C(=O)Nc2ccccc2)sc2nc(C(C)C)[nH]c(=O)c12. The third kappa shape index (κ3) is 2.90. The molecule has 0 fully saturated rings. The van der Waals surface area contributed by atoms with Gasteiger partial charge in [-0.05, 0) is 24.6 Å². The van der Waals surface area contributed by atoms with Crippen LogP contribution in [0.3, 0.4) is 0 Å². The number of carbonyl (C=O) groups is 1. The smallest absolute Gasteiger partial charge is 0.266 e. The summed E-state index contributed by atoms with van der Waals surface area (Å²) in [6.07, 6.45) is 0. The van der Waals surface area contributed by atoms with E-state index in [1.807, 2.05) is 44.2 Å². The van der Waals surface area contributed by atoms with Crippen molar-refractivity contribution in [3.63, 3.8) is 0 Å². The minimum Gasteiger partial charge on any atom is -0.321 e. The van der Waals surface area contributed by atoms with Gasteiger partial charge in [-0.2, -0.15) is 0 Å². The number of rotatable bonds is 3. The standard InChI is InChI=1S/C17H17N3O2S/c1-9(2)14-19-15(21)12-10(3)13(23-17(12)20-14)16(22)18-11-7-5-4-6-8-11/h4-9H,1-3H3,(H,18,22)(H,19,20,21). The van der Waals surface area contributed by atoms with E-state index in [1.165, 1.54) is 11.3 Å². The Balaban J connectivity index is 2.05. The molecule has 6 heteroatoms. The highest BCUT2D eigenvalue weighted by Crippen LogP contribution is 2.28. The maximum absolute atomic E-state index is 12.5. The molecular formula is C17H17N3O2S. The van der Waals surface area contributed by atoms with Gasteiger partial charge in [0.25, 0.3) is 11.5 Å². The number of aromatic nitrogens is 2. The van der Waals surface area contributed by atoms with Crippen molar-refractivity contribution in [3.8, 4) is 0 Å². The van der Waals surface area contributed by atoms with Crippen LogP contribution in [-0.4, -0.2) is 15.9 Å². The van der Waals surface area contributed by atoms with Crippen LogP contribution in [0.15, 0.2) is 35.1 Å². The molecular weight excluding hydrogens is 310 g/mol. The van der Waals surface area contributed by atoms with Crippen LogP contribution in [0.4, 0.5) is 5.69 Å². The molecule has 3 aromatic rings. The molecule has 5 nitrogen and oxygen atoms in total. The summed E-state index contributed by atoms with van der Waals surface area (Å²) in [5, 5.41) is 3.35. The van der Waals surface area contributed by atoms with Gasteiger partial charge in [0, 0.05) is 11.6 Å². The number of nitrogens with zero attached hydrogens (tertiary/aromatic N) is 1. The summed E-state index contributed by atoms with van der Waals surface area (Å²) in [5.74, 6) is 0.539. The molecule has 23 heavy (non-hydrogen) atoms. The van der Waals surface area contributed by atoms with Gasteiger partial charge in [-0.3, -0.25) is 9.59 Å². The highest BCUT2D eigenvalue weighted by molar-refractivity contribution is 7.20. The zero-order chi connectivity index (χ0) is 16.6. The fraction of sp³-hybridized carbons (Fsp3) is 0.235. The number of anilines is 1. The number of carbonyl (C=O) groups excluding carboxylic acids is 1. The van der Waals surface area contributed by atoms with Gasteiger partial charge in [0.1, 0.15) is 10.7 Å². The van der Waals surface area contributed by atoms with E-state index in [1.54, 1.807) is 6.92 Å². The molecule has 0 aliphatic heterocycles. The lowest BCUT2D eigenvalue weighted by Crippen LogP contribution is -2.13. The molecule has 0 saturated heterocycles. The average Bonchev–Trinajstić information content (AvgIpc) is 2.85. The molecule has 2 aromatic heterocycles. The summed E-state index contributed by atoms with van der Waals surface area (Å²) >= 11 is 1.25. The number of H-pyrrole nitrogens is 1. The molecule has 0 unspecified atom stereocenters. The Morgan fingerprint density at radius 1 is 1.26 bits per heavy atom. The number of nitrogens with one attached hydrogen (secondary N) is 2. The number of fused-ring (bicyclic) bond motifs is 1. The first-order valence-electron chi connectivity index (χ1n) is 7.37. The van der Waals surface area contributed by atoms with Gasteiger partial charge in [0.2, 0.25) is 0 Å². The number of benzene rings is 1. The largest absolute Gasteiger partial charge is 0.321 e. The van der Waals surface area contributed by atoms with E-state index >= 15 is 0 Å². The molecule has 118 valence electrons. The van der Waals surface area contributed by atoms with Crippen molar-refractivity contribution in [2.45, 2.75) is 26.7 Å². The summed E-state index contributed by atoms with van der Waals surface area (Å²) < 4.78 is 0. The number of amides is 1. The zero-order valence-corrected chi connectivity index (χ0v) is 14.0. The second-order valence-corrected chi connectivity index (χ2v) is 6.66. The van der Waals surface area contributed by atoms with Crippen molar-refractivity contribution in [3.05, 3.63) is 57.0 Å². The predicted molar refractivity (Wildman–Crippen MR) is 93.5 cm³/mol. The van der Waals surface area contributed by atoms with Crippen LogP contribution in [0.5, 0.6) is 0 Å². The molecule has 0 aliphatic carbocycles. The Morgan fingerprint density at radius 2 is 1.96 bits per heavy atom. The Hall–Kier alpha value is -2.47. The quantitative estimate of drug-likeness (QED) is 0.771. The van der Waals surface area contributed by atoms with Crippen molar-refractivity contribution < 1.29 is 4.79 Å². The van der Waals surface area contributed by atoms with E-state index < -0.39 is 0 Å².